The van der Waals surface area contributed by atoms with Crippen LogP contribution in [0.2, 0.25) is 0 Å². The Morgan fingerprint density at radius 1 is 1.00 bits per heavy atom. The van der Waals surface area contributed by atoms with Crippen molar-refractivity contribution in [3.8, 4) is 5.75 Å². The normalized spacial score (nSPS) is 12.4. The summed E-state index contributed by atoms with van der Waals surface area (Å²) >= 11 is 0. The molecule has 3 aromatic rings. The number of carbonyl (C=O) groups is 2. The first kappa shape index (κ1) is 21.4. The van der Waals surface area contributed by atoms with Gasteiger partial charge in [0.05, 0.1) is 11.7 Å². The Bertz CT molecular complexity index is 1040. The van der Waals surface area contributed by atoms with Gasteiger partial charge >= 0.3 is 5.97 Å². The Morgan fingerprint density at radius 3 is 2.37 bits per heavy atom. The first-order valence-electron chi connectivity index (χ1n) is 10.1. The standard InChI is InChI=1S/C25H27NO4/c1-17(13-14-18-9-5-4-6-10-18)30-22-20-12-8-7-11-19(20)15-16-21(22)23(27)26-25(2,3)24(28)29/h4-12,15-17H,13-14H2,1-3H3,(H,26,27)(H,28,29)/t17-/m0/s1. The fourth-order valence-electron chi connectivity index (χ4n) is 3.23. The van der Waals surface area contributed by atoms with Gasteiger partial charge in [-0.05, 0) is 50.6 Å². The molecule has 0 heterocycles. The number of hydrogen-bond donors (Lipinski definition) is 2. The smallest absolute Gasteiger partial charge is 0.328 e. The van der Waals surface area contributed by atoms with E-state index in [1.807, 2.05) is 55.5 Å². The van der Waals surface area contributed by atoms with Crippen LogP contribution in [0.15, 0.2) is 66.7 Å². The number of aryl methyl sites for hydroxylation is 1. The van der Waals surface area contributed by atoms with Gasteiger partial charge in [0.1, 0.15) is 11.3 Å². The average Bonchev–Trinajstić information content (AvgIpc) is 2.72. The lowest BCUT2D eigenvalue weighted by molar-refractivity contribution is -0.143. The van der Waals surface area contributed by atoms with Crippen LogP contribution in [-0.2, 0) is 11.2 Å². The number of fused-ring (bicyclic) bond motifs is 1. The van der Waals surface area contributed by atoms with Crippen molar-refractivity contribution in [1.82, 2.24) is 5.32 Å². The van der Waals surface area contributed by atoms with Crippen molar-refractivity contribution in [3.63, 3.8) is 0 Å². The summed E-state index contributed by atoms with van der Waals surface area (Å²) < 4.78 is 6.27. The summed E-state index contributed by atoms with van der Waals surface area (Å²) in [4.78, 5) is 24.4. The number of nitrogens with one attached hydrogen (secondary N) is 1. The Kier molecular flexibility index (Phi) is 6.40. The second kappa shape index (κ2) is 8.99. The molecule has 0 saturated heterocycles. The zero-order chi connectivity index (χ0) is 21.7. The number of hydrogen-bond acceptors (Lipinski definition) is 3. The van der Waals surface area contributed by atoms with Gasteiger partial charge in [-0.2, -0.15) is 0 Å². The van der Waals surface area contributed by atoms with E-state index in [9.17, 15) is 14.7 Å². The van der Waals surface area contributed by atoms with Gasteiger partial charge < -0.3 is 15.2 Å². The van der Waals surface area contributed by atoms with Gasteiger partial charge in [0.2, 0.25) is 0 Å². The van der Waals surface area contributed by atoms with Crippen molar-refractivity contribution >= 4 is 22.6 Å². The molecule has 0 fully saturated rings. The molecule has 1 atom stereocenters. The summed E-state index contributed by atoms with van der Waals surface area (Å²) in [5.41, 5.74) is 0.167. The van der Waals surface area contributed by atoms with E-state index in [0.29, 0.717) is 11.3 Å². The summed E-state index contributed by atoms with van der Waals surface area (Å²) in [6.45, 7) is 4.89. The van der Waals surface area contributed by atoms with E-state index in [-0.39, 0.29) is 6.10 Å². The molecule has 3 aromatic carbocycles. The van der Waals surface area contributed by atoms with Gasteiger partial charge in [0.25, 0.3) is 5.91 Å². The van der Waals surface area contributed by atoms with Crippen LogP contribution in [-0.4, -0.2) is 28.6 Å². The summed E-state index contributed by atoms with van der Waals surface area (Å²) in [5.74, 6) is -1.10. The van der Waals surface area contributed by atoms with Gasteiger partial charge in [-0.15, -0.1) is 0 Å². The number of carboxylic acids is 1. The minimum absolute atomic E-state index is 0.130. The largest absolute Gasteiger partial charge is 0.489 e. The van der Waals surface area contributed by atoms with Gasteiger partial charge in [0.15, 0.2) is 0 Å². The Labute approximate surface area is 176 Å². The quantitative estimate of drug-likeness (QED) is 0.563. The van der Waals surface area contributed by atoms with E-state index in [2.05, 4.69) is 17.4 Å². The third-order valence-corrected chi connectivity index (χ3v) is 5.09. The Morgan fingerprint density at radius 2 is 1.67 bits per heavy atom. The maximum atomic E-state index is 12.9. The van der Waals surface area contributed by atoms with Crippen molar-refractivity contribution in [1.29, 1.82) is 0 Å². The molecule has 0 saturated carbocycles. The molecule has 2 N–H and O–H groups in total. The lowest BCUT2D eigenvalue weighted by Gasteiger charge is -2.23. The Balaban J connectivity index is 1.88. The van der Waals surface area contributed by atoms with Crippen LogP contribution < -0.4 is 10.1 Å². The molecule has 0 unspecified atom stereocenters. The summed E-state index contributed by atoms with van der Waals surface area (Å²) in [5, 5.41) is 13.7. The lowest BCUT2D eigenvalue weighted by atomic mass is 10.0. The first-order valence-corrected chi connectivity index (χ1v) is 10.1. The molecule has 5 heteroatoms. The monoisotopic (exact) mass is 405 g/mol. The minimum atomic E-state index is -1.39. The zero-order valence-electron chi connectivity index (χ0n) is 17.5. The van der Waals surface area contributed by atoms with E-state index in [0.717, 1.165) is 23.6 Å². The highest BCUT2D eigenvalue weighted by Crippen LogP contribution is 2.31. The summed E-state index contributed by atoms with van der Waals surface area (Å²) in [7, 11) is 0. The highest BCUT2D eigenvalue weighted by molar-refractivity contribution is 6.05. The highest BCUT2D eigenvalue weighted by atomic mass is 16.5. The number of ether oxygens (including phenoxy) is 1. The molecule has 1 amide bonds. The van der Waals surface area contributed by atoms with Crippen LogP contribution in [0.5, 0.6) is 5.75 Å². The zero-order valence-corrected chi connectivity index (χ0v) is 17.5. The van der Waals surface area contributed by atoms with E-state index in [1.165, 1.54) is 19.4 Å². The number of rotatable bonds is 8. The van der Waals surface area contributed by atoms with Crippen LogP contribution >= 0.6 is 0 Å². The van der Waals surface area contributed by atoms with Gasteiger partial charge in [-0.3, -0.25) is 4.79 Å². The van der Waals surface area contributed by atoms with Crippen molar-refractivity contribution in [2.24, 2.45) is 0 Å². The molecule has 156 valence electrons. The molecule has 0 aliphatic heterocycles. The number of carbonyl (C=O) groups excluding carboxylic acids is 1. The number of benzene rings is 3. The maximum Gasteiger partial charge on any atom is 0.328 e. The number of amides is 1. The predicted octanol–water partition coefficient (Wildman–Crippen LogP) is 4.83. The van der Waals surface area contributed by atoms with Crippen molar-refractivity contribution in [2.75, 3.05) is 0 Å². The minimum Gasteiger partial charge on any atom is -0.489 e. The predicted molar refractivity (Wildman–Crippen MR) is 118 cm³/mol. The van der Waals surface area contributed by atoms with Crippen LogP contribution in [0, 0.1) is 0 Å². The second-order valence-corrected chi connectivity index (χ2v) is 8.00. The van der Waals surface area contributed by atoms with E-state index >= 15 is 0 Å². The first-order chi connectivity index (χ1) is 14.3. The van der Waals surface area contributed by atoms with Crippen LogP contribution in [0.3, 0.4) is 0 Å². The number of carboxylic acid groups (broad SMARTS) is 1. The molecule has 0 aromatic heterocycles. The second-order valence-electron chi connectivity index (χ2n) is 8.00. The van der Waals surface area contributed by atoms with Crippen LogP contribution in [0.4, 0.5) is 0 Å². The topological polar surface area (TPSA) is 75.6 Å². The summed E-state index contributed by atoms with van der Waals surface area (Å²) in [6, 6.07) is 21.4. The molecular formula is C25H27NO4. The fourth-order valence-corrected chi connectivity index (χ4v) is 3.23. The maximum absolute atomic E-state index is 12.9. The van der Waals surface area contributed by atoms with Gasteiger partial charge in [-0.25, -0.2) is 4.79 Å². The Hall–Kier alpha value is -3.34. The number of aliphatic carboxylic acids is 1. The molecule has 0 spiro atoms. The van der Waals surface area contributed by atoms with Crippen LogP contribution in [0.25, 0.3) is 10.8 Å². The summed E-state index contributed by atoms with van der Waals surface area (Å²) in [6.07, 6.45) is 1.52. The van der Waals surface area contributed by atoms with E-state index < -0.39 is 17.4 Å². The van der Waals surface area contributed by atoms with E-state index in [4.69, 9.17) is 4.74 Å². The lowest BCUT2D eigenvalue weighted by Crippen LogP contribution is -2.49. The molecule has 0 radical (unpaired) electrons. The molecule has 3 rings (SSSR count). The molecule has 0 aliphatic rings. The van der Waals surface area contributed by atoms with Crippen molar-refractivity contribution < 1.29 is 19.4 Å². The molecule has 0 bridgehead atoms. The van der Waals surface area contributed by atoms with E-state index in [1.54, 1.807) is 6.07 Å². The molecule has 30 heavy (non-hydrogen) atoms. The van der Waals surface area contributed by atoms with Crippen molar-refractivity contribution in [2.45, 2.75) is 45.3 Å². The third-order valence-electron chi connectivity index (χ3n) is 5.09. The SMILES string of the molecule is C[C@@H](CCc1ccccc1)Oc1c(C(=O)NC(C)(C)C(=O)O)ccc2ccccc12. The molecule has 0 aliphatic carbocycles. The van der Waals surface area contributed by atoms with Gasteiger partial charge in [0, 0.05) is 5.39 Å². The van der Waals surface area contributed by atoms with Crippen molar-refractivity contribution in [3.05, 3.63) is 77.9 Å². The average molecular weight is 405 g/mol. The fraction of sp³-hybridized carbons (Fsp3) is 0.280. The highest BCUT2D eigenvalue weighted by Gasteiger charge is 2.30. The molecule has 5 nitrogen and oxygen atoms in total. The van der Waals surface area contributed by atoms with Crippen LogP contribution in [0.1, 0.15) is 43.1 Å². The molecular weight excluding hydrogens is 378 g/mol. The van der Waals surface area contributed by atoms with Gasteiger partial charge in [-0.1, -0.05) is 60.7 Å². The third kappa shape index (κ3) is 4.98.